The first-order valence-corrected chi connectivity index (χ1v) is 7.60. The summed E-state index contributed by atoms with van der Waals surface area (Å²) in [5.74, 6) is -0.524. The van der Waals surface area contributed by atoms with Gasteiger partial charge in [0.1, 0.15) is 15.7 Å². The summed E-state index contributed by atoms with van der Waals surface area (Å²) in [7, 11) is -2.96. The van der Waals surface area contributed by atoms with Gasteiger partial charge in [-0.2, -0.15) is 0 Å². The van der Waals surface area contributed by atoms with E-state index in [2.05, 4.69) is 5.32 Å². The van der Waals surface area contributed by atoms with Gasteiger partial charge in [-0.25, -0.2) is 12.8 Å². The molecule has 1 aromatic rings. The van der Waals surface area contributed by atoms with Crippen LogP contribution in [-0.2, 0) is 9.84 Å². The van der Waals surface area contributed by atoms with Crippen molar-refractivity contribution in [1.82, 2.24) is 0 Å². The Morgan fingerprint density at radius 1 is 1.26 bits per heavy atom. The van der Waals surface area contributed by atoms with Crippen molar-refractivity contribution in [2.24, 2.45) is 0 Å². The standard InChI is InChI=1S/C11H13FN2O4S/c12-8-5-10(7-11(6-8)14(15)16)13-9-1-3-19(17,18)4-2-9/h5-7,9,13H,1-4H2. The maximum atomic E-state index is 13.2. The van der Waals surface area contributed by atoms with Crippen LogP contribution in [0.1, 0.15) is 12.8 Å². The lowest BCUT2D eigenvalue weighted by Gasteiger charge is -2.23. The first-order valence-electron chi connectivity index (χ1n) is 5.78. The van der Waals surface area contributed by atoms with Gasteiger partial charge in [0, 0.05) is 17.8 Å². The molecule has 0 saturated carbocycles. The minimum Gasteiger partial charge on any atom is -0.382 e. The first kappa shape index (κ1) is 13.7. The first-order chi connectivity index (χ1) is 8.85. The number of benzene rings is 1. The molecule has 2 rings (SSSR count). The molecule has 104 valence electrons. The molecule has 0 radical (unpaired) electrons. The minimum atomic E-state index is -2.96. The summed E-state index contributed by atoms with van der Waals surface area (Å²) in [6, 6.07) is 3.14. The van der Waals surface area contributed by atoms with Crippen molar-refractivity contribution in [1.29, 1.82) is 0 Å². The molecule has 1 N–H and O–H groups in total. The second kappa shape index (κ2) is 5.12. The average molecular weight is 288 g/mol. The van der Waals surface area contributed by atoms with Gasteiger partial charge in [-0.05, 0) is 18.9 Å². The molecular weight excluding hydrogens is 275 g/mol. The van der Waals surface area contributed by atoms with E-state index in [4.69, 9.17) is 0 Å². The van der Waals surface area contributed by atoms with E-state index < -0.39 is 20.6 Å². The van der Waals surface area contributed by atoms with E-state index in [1.54, 1.807) is 0 Å². The molecule has 0 bridgehead atoms. The summed E-state index contributed by atoms with van der Waals surface area (Å²) in [4.78, 5) is 9.95. The minimum absolute atomic E-state index is 0.0854. The lowest BCUT2D eigenvalue weighted by molar-refractivity contribution is -0.385. The number of nitrogens with one attached hydrogen (secondary N) is 1. The number of rotatable bonds is 3. The molecule has 8 heteroatoms. The Morgan fingerprint density at radius 3 is 2.47 bits per heavy atom. The van der Waals surface area contributed by atoms with Gasteiger partial charge in [-0.3, -0.25) is 10.1 Å². The largest absolute Gasteiger partial charge is 0.382 e. The molecule has 19 heavy (non-hydrogen) atoms. The van der Waals surface area contributed by atoms with Crippen LogP contribution in [0.25, 0.3) is 0 Å². The van der Waals surface area contributed by atoms with Gasteiger partial charge in [0.25, 0.3) is 5.69 Å². The van der Waals surface area contributed by atoms with Crippen molar-refractivity contribution in [2.75, 3.05) is 16.8 Å². The van der Waals surface area contributed by atoms with Crippen LogP contribution in [-0.4, -0.2) is 30.9 Å². The average Bonchev–Trinajstić information content (AvgIpc) is 2.31. The maximum Gasteiger partial charge on any atom is 0.274 e. The van der Waals surface area contributed by atoms with E-state index in [1.807, 2.05) is 0 Å². The van der Waals surface area contributed by atoms with Crippen LogP contribution < -0.4 is 5.32 Å². The molecule has 1 aliphatic rings. The molecule has 1 fully saturated rings. The van der Waals surface area contributed by atoms with Crippen molar-refractivity contribution in [3.8, 4) is 0 Å². The van der Waals surface area contributed by atoms with Crippen LogP contribution >= 0.6 is 0 Å². The predicted molar refractivity (Wildman–Crippen MR) is 68.4 cm³/mol. The van der Waals surface area contributed by atoms with Gasteiger partial charge >= 0.3 is 0 Å². The van der Waals surface area contributed by atoms with Crippen molar-refractivity contribution in [2.45, 2.75) is 18.9 Å². The zero-order valence-electron chi connectivity index (χ0n) is 10.0. The third-order valence-electron chi connectivity index (χ3n) is 3.02. The highest BCUT2D eigenvalue weighted by molar-refractivity contribution is 7.91. The Balaban J connectivity index is 2.09. The van der Waals surface area contributed by atoms with Crippen molar-refractivity contribution in [3.05, 3.63) is 34.1 Å². The van der Waals surface area contributed by atoms with Gasteiger partial charge in [0.05, 0.1) is 22.5 Å². The zero-order valence-corrected chi connectivity index (χ0v) is 10.8. The van der Waals surface area contributed by atoms with E-state index in [-0.39, 0.29) is 23.2 Å². The summed E-state index contributed by atoms with van der Waals surface area (Å²) >= 11 is 0. The molecule has 0 spiro atoms. The van der Waals surface area contributed by atoms with Gasteiger partial charge < -0.3 is 5.32 Å². The van der Waals surface area contributed by atoms with Crippen LogP contribution in [0.2, 0.25) is 0 Å². The van der Waals surface area contributed by atoms with E-state index in [1.165, 1.54) is 6.07 Å². The number of nitrogens with zero attached hydrogens (tertiary/aromatic N) is 1. The Kier molecular flexibility index (Phi) is 3.70. The van der Waals surface area contributed by atoms with Crippen LogP contribution in [0, 0.1) is 15.9 Å². The molecule has 0 atom stereocenters. The third kappa shape index (κ3) is 3.63. The predicted octanol–water partition coefficient (Wildman–Crippen LogP) is 1.72. The summed E-state index contributed by atoms with van der Waals surface area (Å²) < 4.78 is 35.8. The lowest BCUT2D eigenvalue weighted by Crippen LogP contribution is -2.32. The van der Waals surface area contributed by atoms with Crippen LogP contribution in [0.5, 0.6) is 0 Å². The Hall–Kier alpha value is -1.70. The number of anilines is 1. The summed E-state index contributed by atoms with van der Waals surface area (Å²) in [5.41, 5.74) is -0.0260. The molecule has 0 amide bonds. The number of non-ortho nitro benzene ring substituents is 1. The van der Waals surface area contributed by atoms with Crippen LogP contribution in [0.4, 0.5) is 15.8 Å². The number of halogens is 1. The third-order valence-corrected chi connectivity index (χ3v) is 4.73. The molecule has 0 unspecified atom stereocenters. The second-order valence-corrected chi connectivity index (χ2v) is 6.83. The Bertz CT molecular complexity index is 589. The maximum absolute atomic E-state index is 13.2. The van der Waals surface area contributed by atoms with E-state index in [0.717, 1.165) is 12.1 Å². The highest BCUT2D eigenvalue weighted by Crippen LogP contribution is 2.23. The number of nitro groups is 1. The highest BCUT2D eigenvalue weighted by atomic mass is 32.2. The van der Waals surface area contributed by atoms with E-state index >= 15 is 0 Å². The Morgan fingerprint density at radius 2 is 1.89 bits per heavy atom. The van der Waals surface area contributed by atoms with Gasteiger partial charge in [-0.1, -0.05) is 0 Å². The summed E-state index contributed by atoms with van der Waals surface area (Å²) in [6.07, 6.45) is 0.847. The van der Waals surface area contributed by atoms with E-state index in [0.29, 0.717) is 18.5 Å². The SMILES string of the molecule is O=[N+]([O-])c1cc(F)cc(NC2CCS(=O)(=O)CC2)c1. The topological polar surface area (TPSA) is 89.3 Å². The van der Waals surface area contributed by atoms with Crippen LogP contribution in [0.3, 0.4) is 0 Å². The van der Waals surface area contributed by atoms with Gasteiger partial charge in [0.15, 0.2) is 0 Å². The van der Waals surface area contributed by atoms with Gasteiger partial charge in [0.2, 0.25) is 0 Å². The normalized spacial score (nSPS) is 19.0. The van der Waals surface area contributed by atoms with Crippen molar-refractivity contribution < 1.29 is 17.7 Å². The fraction of sp³-hybridized carbons (Fsp3) is 0.455. The Labute approximate surface area is 109 Å². The second-order valence-electron chi connectivity index (χ2n) is 4.53. The molecule has 1 aliphatic heterocycles. The van der Waals surface area contributed by atoms with E-state index in [9.17, 15) is 22.9 Å². The fourth-order valence-corrected chi connectivity index (χ4v) is 3.52. The molecule has 1 aromatic carbocycles. The summed E-state index contributed by atoms with van der Waals surface area (Å²) in [5, 5.41) is 13.6. The molecule has 6 nitrogen and oxygen atoms in total. The molecule has 1 heterocycles. The lowest BCUT2D eigenvalue weighted by atomic mass is 10.1. The zero-order chi connectivity index (χ0) is 14.0. The fourth-order valence-electron chi connectivity index (χ4n) is 2.03. The van der Waals surface area contributed by atoms with Crippen molar-refractivity contribution in [3.63, 3.8) is 0 Å². The highest BCUT2D eigenvalue weighted by Gasteiger charge is 2.23. The number of hydrogen-bond donors (Lipinski definition) is 1. The monoisotopic (exact) mass is 288 g/mol. The van der Waals surface area contributed by atoms with Gasteiger partial charge in [-0.15, -0.1) is 0 Å². The van der Waals surface area contributed by atoms with Crippen molar-refractivity contribution >= 4 is 21.2 Å². The molecule has 0 aliphatic carbocycles. The molecule has 0 aromatic heterocycles. The molecular formula is C11H13FN2O4S. The molecule has 1 saturated heterocycles. The number of hydrogen-bond acceptors (Lipinski definition) is 5. The smallest absolute Gasteiger partial charge is 0.274 e. The quantitative estimate of drug-likeness (QED) is 0.675. The summed E-state index contributed by atoms with van der Waals surface area (Å²) in [6.45, 7) is 0. The van der Waals surface area contributed by atoms with Crippen LogP contribution in [0.15, 0.2) is 18.2 Å². The number of sulfone groups is 1. The number of nitro benzene ring substituents is 1.